The monoisotopic (exact) mass is 291 g/mol. The van der Waals surface area contributed by atoms with Gasteiger partial charge in [0.25, 0.3) is 5.69 Å². The van der Waals surface area contributed by atoms with E-state index in [4.69, 9.17) is 5.26 Å². The normalized spacial score (nSPS) is 10.7. The number of carboxylic acid groups (broad SMARTS) is 1. The van der Waals surface area contributed by atoms with Crippen molar-refractivity contribution in [2.75, 3.05) is 11.9 Å². The fraction of sp³-hybridized carbons (Fsp3) is 0.429. The Morgan fingerprint density at radius 2 is 2.10 bits per heavy atom. The number of nitrogens with zero attached hydrogens (tertiary/aromatic N) is 2. The molecule has 0 spiro atoms. The third kappa shape index (κ3) is 3.48. The van der Waals surface area contributed by atoms with Crippen molar-refractivity contribution >= 4 is 17.3 Å². The standard InChI is InChI=1S/C14H17N3O4/c1-3-14(4-2,13(18)19)9-16-11-6-5-10(8-15)7-12(11)17(20)21/h5-7,16H,3-4,9H2,1-2H3,(H,18,19). The van der Waals surface area contributed by atoms with Gasteiger partial charge in [-0.3, -0.25) is 14.9 Å². The number of benzene rings is 1. The highest BCUT2D eigenvalue weighted by Crippen LogP contribution is 2.30. The quantitative estimate of drug-likeness (QED) is 0.589. The minimum absolute atomic E-state index is 0.0854. The average Bonchev–Trinajstić information content (AvgIpc) is 2.48. The summed E-state index contributed by atoms with van der Waals surface area (Å²) in [5.41, 5.74) is -0.809. The molecule has 1 rings (SSSR count). The predicted molar refractivity (Wildman–Crippen MR) is 77.0 cm³/mol. The molecule has 1 aromatic rings. The van der Waals surface area contributed by atoms with E-state index in [-0.39, 0.29) is 23.5 Å². The maximum Gasteiger partial charge on any atom is 0.311 e. The molecule has 0 aliphatic heterocycles. The lowest BCUT2D eigenvalue weighted by atomic mass is 9.82. The van der Waals surface area contributed by atoms with Gasteiger partial charge in [0.05, 0.1) is 22.0 Å². The summed E-state index contributed by atoms with van der Waals surface area (Å²) in [7, 11) is 0. The van der Waals surface area contributed by atoms with Crippen molar-refractivity contribution in [3.05, 3.63) is 33.9 Å². The predicted octanol–water partition coefficient (Wildman–Crippen LogP) is 2.77. The smallest absolute Gasteiger partial charge is 0.311 e. The van der Waals surface area contributed by atoms with Crippen LogP contribution < -0.4 is 5.32 Å². The molecule has 0 atom stereocenters. The fourth-order valence-corrected chi connectivity index (χ4v) is 2.04. The molecule has 0 amide bonds. The van der Waals surface area contributed by atoms with Gasteiger partial charge in [-0.25, -0.2) is 0 Å². The average molecular weight is 291 g/mol. The highest BCUT2D eigenvalue weighted by atomic mass is 16.6. The van der Waals surface area contributed by atoms with Gasteiger partial charge in [0.2, 0.25) is 0 Å². The van der Waals surface area contributed by atoms with E-state index in [1.807, 2.05) is 6.07 Å². The molecule has 0 saturated carbocycles. The minimum Gasteiger partial charge on any atom is -0.481 e. The van der Waals surface area contributed by atoms with Crippen LogP contribution in [0.15, 0.2) is 18.2 Å². The van der Waals surface area contributed by atoms with Gasteiger partial charge >= 0.3 is 5.97 Å². The Hall–Kier alpha value is -2.62. The first kappa shape index (κ1) is 16.4. The first-order chi connectivity index (χ1) is 9.90. The number of nitrogens with one attached hydrogen (secondary N) is 1. The van der Waals surface area contributed by atoms with E-state index in [9.17, 15) is 20.0 Å². The number of carboxylic acids is 1. The SMILES string of the molecule is CCC(CC)(CNc1ccc(C#N)cc1[N+](=O)[O-])C(=O)O. The highest BCUT2D eigenvalue weighted by Gasteiger charge is 2.35. The topological polar surface area (TPSA) is 116 Å². The number of nitro groups is 1. The van der Waals surface area contributed by atoms with Crippen molar-refractivity contribution in [3.8, 4) is 6.07 Å². The molecule has 0 radical (unpaired) electrons. The molecular formula is C14H17N3O4. The van der Waals surface area contributed by atoms with Gasteiger partial charge < -0.3 is 10.4 Å². The second kappa shape index (κ2) is 6.70. The van der Waals surface area contributed by atoms with Gasteiger partial charge in [-0.15, -0.1) is 0 Å². The zero-order valence-corrected chi connectivity index (χ0v) is 11.9. The summed E-state index contributed by atoms with van der Waals surface area (Å²) in [6.07, 6.45) is 0.825. The molecule has 7 nitrogen and oxygen atoms in total. The summed E-state index contributed by atoms with van der Waals surface area (Å²) in [4.78, 5) is 21.8. The summed E-state index contributed by atoms with van der Waals surface area (Å²) < 4.78 is 0. The van der Waals surface area contributed by atoms with Gasteiger partial charge in [0, 0.05) is 12.6 Å². The van der Waals surface area contributed by atoms with E-state index < -0.39 is 16.3 Å². The van der Waals surface area contributed by atoms with Crippen molar-refractivity contribution in [1.82, 2.24) is 0 Å². The molecule has 7 heteroatoms. The Morgan fingerprint density at radius 1 is 1.48 bits per heavy atom. The zero-order chi connectivity index (χ0) is 16.0. The van der Waals surface area contributed by atoms with Crippen molar-refractivity contribution in [3.63, 3.8) is 0 Å². The van der Waals surface area contributed by atoms with Crippen LogP contribution in [0.4, 0.5) is 11.4 Å². The maximum atomic E-state index is 11.4. The molecule has 0 unspecified atom stereocenters. The summed E-state index contributed by atoms with van der Waals surface area (Å²) in [6.45, 7) is 3.63. The van der Waals surface area contributed by atoms with Crippen LogP contribution >= 0.6 is 0 Å². The van der Waals surface area contributed by atoms with Gasteiger partial charge in [-0.05, 0) is 25.0 Å². The number of hydrogen-bond acceptors (Lipinski definition) is 5. The van der Waals surface area contributed by atoms with Gasteiger partial charge in [0.1, 0.15) is 5.69 Å². The van der Waals surface area contributed by atoms with Crippen LogP contribution in [0.5, 0.6) is 0 Å². The lowest BCUT2D eigenvalue weighted by Gasteiger charge is -2.27. The molecule has 2 N–H and O–H groups in total. The van der Waals surface area contributed by atoms with Gasteiger partial charge in [-0.2, -0.15) is 5.26 Å². The van der Waals surface area contributed by atoms with Gasteiger partial charge in [0.15, 0.2) is 0 Å². The highest BCUT2D eigenvalue weighted by molar-refractivity contribution is 5.76. The summed E-state index contributed by atoms with van der Waals surface area (Å²) in [5.74, 6) is -0.934. The van der Waals surface area contributed by atoms with E-state index in [2.05, 4.69) is 5.32 Å². The summed E-state index contributed by atoms with van der Waals surface area (Å²) in [5, 5.41) is 32.0. The molecule has 112 valence electrons. The molecule has 21 heavy (non-hydrogen) atoms. The lowest BCUT2D eigenvalue weighted by Crippen LogP contribution is -2.37. The van der Waals surface area contributed by atoms with Gasteiger partial charge in [-0.1, -0.05) is 13.8 Å². The number of nitriles is 1. The molecule has 0 fully saturated rings. The van der Waals surface area contributed by atoms with Crippen molar-refractivity contribution in [1.29, 1.82) is 5.26 Å². The number of aliphatic carboxylic acids is 1. The fourth-order valence-electron chi connectivity index (χ4n) is 2.04. The van der Waals surface area contributed by atoms with E-state index in [1.165, 1.54) is 18.2 Å². The van der Waals surface area contributed by atoms with Crippen LogP contribution in [-0.2, 0) is 4.79 Å². The van der Waals surface area contributed by atoms with Crippen molar-refractivity contribution in [2.24, 2.45) is 5.41 Å². The molecule has 0 bridgehead atoms. The van der Waals surface area contributed by atoms with Crippen LogP contribution in [0.25, 0.3) is 0 Å². The van der Waals surface area contributed by atoms with Crippen LogP contribution in [0.2, 0.25) is 0 Å². The molecule has 0 aliphatic carbocycles. The number of hydrogen-bond donors (Lipinski definition) is 2. The second-order valence-corrected chi connectivity index (χ2v) is 4.75. The molecule has 1 aromatic carbocycles. The van der Waals surface area contributed by atoms with Crippen LogP contribution in [0.1, 0.15) is 32.3 Å². The number of anilines is 1. The molecule has 0 aromatic heterocycles. The number of nitro benzene ring substituents is 1. The molecule has 0 saturated heterocycles. The Bertz CT molecular complexity index is 588. The maximum absolute atomic E-state index is 11.4. The van der Waals surface area contributed by atoms with E-state index >= 15 is 0 Å². The largest absolute Gasteiger partial charge is 0.481 e. The van der Waals surface area contributed by atoms with E-state index in [1.54, 1.807) is 13.8 Å². The van der Waals surface area contributed by atoms with E-state index in [0.29, 0.717) is 12.8 Å². The Morgan fingerprint density at radius 3 is 2.52 bits per heavy atom. The summed E-state index contributed by atoms with van der Waals surface area (Å²) in [6, 6.07) is 5.88. The molecule has 0 heterocycles. The second-order valence-electron chi connectivity index (χ2n) is 4.75. The van der Waals surface area contributed by atoms with Crippen molar-refractivity contribution in [2.45, 2.75) is 26.7 Å². The third-order valence-corrected chi connectivity index (χ3v) is 3.75. The zero-order valence-electron chi connectivity index (χ0n) is 11.9. The van der Waals surface area contributed by atoms with Crippen molar-refractivity contribution < 1.29 is 14.8 Å². The first-order valence-corrected chi connectivity index (χ1v) is 6.56. The molecule has 0 aliphatic rings. The van der Waals surface area contributed by atoms with Crippen LogP contribution in [-0.4, -0.2) is 22.5 Å². The first-order valence-electron chi connectivity index (χ1n) is 6.56. The Balaban J connectivity index is 3.06. The minimum atomic E-state index is -0.970. The number of rotatable bonds is 7. The van der Waals surface area contributed by atoms with Crippen LogP contribution in [0, 0.1) is 26.9 Å². The lowest BCUT2D eigenvalue weighted by molar-refractivity contribution is -0.384. The Kier molecular flexibility index (Phi) is 5.24. The molecular weight excluding hydrogens is 274 g/mol. The van der Waals surface area contributed by atoms with E-state index in [0.717, 1.165) is 0 Å². The van der Waals surface area contributed by atoms with Crippen LogP contribution in [0.3, 0.4) is 0 Å². The summed E-state index contributed by atoms with van der Waals surface area (Å²) >= 11 is 0. The number of carbonyl (C=O) groups is 1. The third-order valence-electron chi connectivity index (χ3n) is 3.75. The Labute approximate surface area is 122 Å².